The zero-order valence-corrected chi connectivity index (χ0v) is 15.2. The van der Waals surface area contributed by atoms with Gasteiger partial charge in [-0.25, -0.2) is 9.18 Å². The number of fused-ring (bicyclic) bond motifs is 1. The fourth-order valence-corrected chi connectivity index (χ4v) is 3.01. The first-order valence-electron chi connectivity index (χ1n) is 8.94. The number of nitrogens with zero attached hydrogens (tertiary/aromatic N) is 2. The molecule has 0 aliphatic rings. The summed E-state index contributed by atoms with van der Waals surface area (Å²) in [6, 6.07) is 13.7. The molecule has 0 aliphatic heterocycles. The number of aromatic nitrogens is 2. The fraction of sp³-hybridized carbons (Fsp3) is 0.300. The van der Waals surface area contributed by atoms with Crippen molar-refractivity contribution in [1.82, 2.24) is 14.5 Å². The van der Waals surface area contributed by atoms with Crippen molar-refractivity contribution in [1.29, 1.82) is 0 Å². The van der Waals surface area contributed by atoms with Crippen LogP contribution >= 0.6 is 0 Å². The minimum Gasteiger partial charge on any atom is -0.489 e. The van der Waals surface area contributed by atoms with Gasteiger partial charge in [-0.15, -0.1) is 0 Å². The minimum atomic E-state index is -0.435. The molecule has 1 aromatic heterocycles. The molecule has 0 saturated heterocycles. The molecule has 3 rings (SSSR count). The fourth-order valence-electron chi connectivity index (χ4n) is 3.01. The molecule has 0 radical (unpaired) electrons. The Morgan fingerprint density at radius 3 is 2.44 bits per heavy atom. The highest BCUT2D eigenvalue weighted by Crippen LogP contribution is 2.15. The van der Waals surface area contributed by atoms with Gasteiger partial charge in [0, 0.05) is 19.5 Å². The second-order valence-corrected chi connectivity index (χ2v) is 6.05. The first kappa shape index (κ1) is 18.7. The molecule has 3 aromatic rings. The van der Waals surface area contributed by atoms with E-state index in [1.807, 2.05) is 31.2 Å². The number of ether oxygens (including phenoxy) is 1. The maximum atomic E-state index is 13.4. The van der Waals surface area contributed by atoms with Crippen LogP contribution in [-0.4, -0.2) is 28.2 Å². The van der Waals surface area contributed by atoms with Gasteiger partial charge in [-0.2, -0.15) is 0 Å². The smallest absolute Gasteiger partial charge is 0.329 e. The van der Waals surface area contributed by atoms with Gasteiger partial charge in [-0.1, -0.05) is 24.3 Å². The zero-order chi connectivity index (χ0) is 19.2. The highest BCUT2D eigenvalue weighted by Gasteiger charge is 2.12. The highest BCUT2D eigenvalue weighted by atomic mass is 19.1. The van der Waals surface area contributed by atoms with E-state index in [2.05, 4.69) is 5.32 Å². The summed E-state index contributed by atoms with van der Waals surface area (Å²) in [6.45, 7) is 3.22. The molecule has 142 valence electrons. The summed E-state index contributed by atoms with van der Waals surface area (Å²) in [7, 11) is 0. The largest absolute Gasteiger partial charge is 0.489 e. The van der Waals surface area contributed by atoms with Crippen LogP contribution in [0.15, 0.2) is 53.3 Å². The van der Waals surface area contributed by atoms with Crippen LogP contribution in [0.1, 0.15) is 13.3 Å². The highest BCUT2D eigenvalue weighted by molar-refractivity contribution is 5.78. The zero-order valence-electron chi connectivity index (χ0n) is 15.2. The molecule has 0 atom stereocenters. The molecule has 1 heterocycles. The predicted molar refractivity (Wildman–Crippen MR) is 101 cm³/mol. The number of hydrogen-bond acceptors (Lipinski definition) is 3. The van der Waals surface area contributed by atoms with Gasteiger partial charge in [0.15, 0.2) is 11.6 Å². The first-order chi connectivity index (χ1) is 13.1. The number of carbonyl (C=O) groups excluding carboxylic acids is 1. The summed E-state index contributed by atoms with van der Waals surface area (Å²) in [5.74, 6) is -0.464. The average Bonchev–Trinajstić information content (AvgIpc) is 2.95. The third-order valence-corrected chi connectivity index (χ3v) is 4.32. The Morgan fingerprint density at radius 1 is 1.07 bits per heavy atom. The average molecular weight is 371 g/mol. The van der Waals surface area contributed by atoms with E-state index >= 15 is 0 Å². The Bertz CT molecular complexity index is 994. The maximum absolute atomic E-state index is 13.4. The number of rotatable bonds is 8. The summed E-state index contributed by atoms with van der Waals surface area (Å²) in [5, 5.41) is 2.72. The molecule has 0 spiro atoms. The van der Waals surface area contributed by atoms with Gasteiger partial charge >= 0.3 is 5.69 Å². The quantitative estimate of drug-likeness (QED) is 0.619. The lowest BCUT2D eigenvalue weighted by Crippen LogP contribution is -2.30. The number of amides is 1. The van der Waals surface area contributed by atoms with E-state index in [1.54, 1.807) is 21.3 Å². The molecular weight excluding hydrogens is 349 g/mol. The molecule has 0 unspecified atom stereocenters. The molecule has 6 nitrogen and oxygen atoms in total. The Labute approximate surface area is 156 Å². The summed E-state index contributed by atoms with van der Waals surface area (Å²) in [5.41, 5.74) is 1.57. The molecule has 0 saturated carbocycles. The SMILES string of the molecule is CCn1c(=O)n(CCC(=O)NCCOc2ccccc2F)c2ccccc21. The number of imidazole rings is 1. The summed E-state index contributed by atoms with van der Waals surface area (Å²) in [4.78, 5) is 24.6. The molecule has 1 amide bonds. The third-order valence-electron chi connectivity index (χ3n) is 4.32. The number of benzene rings is 2. The number of aryl methyl sites for hydroxylation is 2. The normalized spacial score (nSPS) is 10.9. The molecule has 27 heavy (non-hydrogen) atoms. The van der Waals surface area contributed by atoms with Crippen LogP contribution in [0.4, 0.5) is 4.39 Å². The van der Waals surface area contributed by atoms with Crippen LogP contribution in [0, 0.1) is 5.82 Å². The van der Waals surface area contributed by atoms with E-state index < -0.39 is 5.82 Å². The number of carbonyl (C=O) groups is 1. The third kappa shape index (κ3) is 4.19. The number of halogens is 1. The van der Waals surface area contributed by atoms with Crippen LogP contribution in [0.3, 0.4) is 0 Å². The molecular formula is C20H22FN3O3. The number of para-hydroxylation sites is 3. The monoisotopic (exact) mass is 371 g/mol. The van der Waals surface area contributed by atoms with E-state index in [9.17, 15) is 14.0 Å². The summed E-state index contributed by atoms with van der Waals surface area (Å²) < 4.78 is 22.0. The van der Waals surface area contributed by atoms with Crippen molar-refractivity contribution in [3.05, 3.63) is 64.8 Å². The van der Waals surface area contributed by atoms with E-state index in [1.165, 1.54) is 12.1 Å². The lowest BCUT2D eigenvalue weighted by Gasteiger charge is -2.08. The lowest BCUT2D eigenvalue weighted by atomic mass is 10.3. The Morgan fingerprint density at radius 2 is 1.74 bits per heavy atom. The molecule has 1 N–H and O–H groups in total. The van der Waals surface area contributed by atoms with Gasteiger partial charge in [0.2, 0.25) is 5.91 Å². The van der Waals surface area contributed by atoms with E-state index in [0.717, 1.165) is 11.0 Å². The van der Waals surface area contributed by atoms with Crippen molar-refractivity contribution < 1.29 is 13.9 Å². The van der Waals surface area contributed by atoms with Crippen molar-refractivity contribution in [2.24, 2.45) is 0 Å². The summed E-state index contributed by atoms with van der Waals surface area (Å²) in [6.07, 6.45) is 0.178. The van der Waals surface area contributed by atoms with Crippen LogP contribution in [0.5, 0.6) is 5.75 Å². The maximum Gasteiger partial charge on any atom is 0.329 e. The molecule has 7 heteroatoms. The van der Waals surface area contributed by atoms with Crippen molar-refractivity contribution >= 4 is 16.9 Å². The first-order valence-corrected chi connectivity index (χ1v) is 8.94. The molecule has 0 bridgehead atoms. The molecule has 0 fully saturated rings. The Hall–Kier alpha value is -3.09. The van der Waals surface area contributed by atoms with E-state index in [0.29, 0.717) is 13.1 Å². The Balaban J connectivity index is 1.53. The van der Waals surface area contributed by atoms with Crippen LogP contribution in [0.25, 0.3) is 11.0 Å². The van der Waals surface area contributed by atoms with Crippen molar-refractivity contribution in [3.63, 3.8) is 0 Å². The lowest BCUT2D eigenvalue weighted by molar-refractivity contribution is -0.121. The van der Waals surface area contributed by atoms with E-state index in [-0.39, 0.29) is 36.9 Å². The van der Waals surface area contributed by atoms with Crippen molar-refractivity contribution in [3.8, 4) is 5.75 Å². The van der Waals surface area contributed by atoms with Gasteiger partial charge in [0.05, 0.1) is 17.6 Å². The molecule has 0 aliphatic carbocycles. The van der Waals surface area contributed by atoms with Crippen LogP contribution < -0.4 is 15.7 Å². The van der Waals surface area contributed by atoms with Crippen molar-refractivity contribution in [2.75, 3.05) is 13.2 Å². The van der Waals surface area contributed by atoms with Crippen molar-refractivity contribution in [2.45, 2.75) is 26.4 Å². The van der Waals surface area contributed by atoms with Gasteiger partial charge in [-0.05, 0) is 31.2 Å². The minimum absolute atomic E-state index is 0.116. The van der Waals surface area contributed by atoms with Gasteiger partial charge < -0.3 is 10.1 Å². The number of nitrogens with one attached hydrogen (secondary N) is 1. The number of hydrogen-bond donors (Lipinski definition) is 1. The second kappa shape index (κ2) is 8.53. The molecule has 2 aromatic carbocycles. The predicted octanol–water partition coefficient (Wildman–Crippen LogP) is 2.55. The Kier molecular flexibility index (Phi) is 5.90. The van der Waals surface area contributed by atoms with Gasteiger partial charge in [0.25, 0.3) is 0 Å². The second-order valence-electron chi connectivity index (χ2n) is 6.05. The van der Waals surface area contributed by atoms with E-state index in [4.69, 9.17) is 4.74 Å². The standard InChI is InChI=1S/C20H22FN3O3/c1-2-23-16-8-4-5-9-17(16)24(20(23)26)13-11-19(25)22-12-14-27-18-10-6-3-7-15(18)21/h3-10H,2,11-14H2,1H3,(H,22,25). The van der Waals surface area contributed by atoms with Gasteiger partial charge in [0.1, 0.15) is 6.61 Å². The summed E-state index contributed by atoms with van der Waals surface area (Å²) >= 11 is 0. The van der Waals surface area contributed by atoms with Crippen LogP contribution in [-0.2, 0) is 17.9 Å². The topological polar surface area (TPSA) is 65.3 Å². The van der Waals surface area contributed by atoms with Crippen LogP contribution in [0.2, 0.25) is 0 Å². The van der Waals surface area contributed by atoms with Gasteiger partial charge in [-0.3, -0.25) is 13.9 Å².